The highest BCUT2D eigenvalue weighted by molar-refractivity contribution is 6.44. The quantitative estimate of drug-likeness (QED) is 0.446. The molecule has 11 heteroatoms. The lowest BCUT2D eigenvalue weighted by Gasteiger charge is -2.09. The third kappa shape index (κ3) is 3.65. The molecule has 29 heavy (non-hydrogen) atoms. The van der Waals surface area contributed by atoms with E-state index >= 15 is 0 Å². The lowest BCUT2D eigenvalue weighted by Crippen LogP contribution is -2.29. The Hall–Kier alpha value is -3.79. The van der Waals surface area contributed by atoms with Crippen LogP contribution in [-0.2, 0) is 9.59 Å². The van der Waals surface area contributed by atoms with Crippen molar-refractivity contribution >= 4 is 45.7 Å². The van der Waals surface area contributed by atoms with Crippen molar-refractivity contribution in [3.05, 3.63) is 65.8 Å². The van der Waals surface area contributed by atoms with Crippen molar-refractivity contribution in [1.29, 1.82) is 0 Å². The molecular formula is C18H11ClF2N6O2. The van der Waals surface area contributed by atoms with Gasteiger partial charge < -0.3 is 15.6 Å². The summed E-state index contributed by atoms with van der Waals surface area (Å²) in [6, 6.07) is 6.48. The van der Waals surface area contributed by atoms with Gasteiger partial charge >= 0.3 is 11.8 Å². The van der Waals surface area contributed by atoms with Gasteiger partial charge in [0.15, 0.2) is 11.6 Å². The van der Waals surface area contributed by atoms with Crippen LogP contribution in [-0.4, -0.2) is 31.6 Å². The lowest BCUT2D eigenvalue weighted by molar-refractivity contribution is -0.132. The molecule has 146 valence electrons. The zero-order valence-corrected chi connectivity index (χ0v) is 15.2. The minimum Gasteiger partial charge on any atom is -0.359 e. The molecule has 2 heterocycles. The zero-order valence-electron chi connectivity index (χ0n) is 14.4. The Kier molecular flexibility index (Phi) is 4.69. The zero-order chi connectivity index (χ0) is 20.5. The molecular weight excluding hydrogens is 406 g/mol. The van der Waals surface area contributed by atoms with E-state index in [0.29, 0.717) is 5.69 Å². The molecule has 0 saturated heterocycles. The van der Waals surface area contributed by atoms with Gasteiger partial charge in [0.05, 0.1) is 21.9 Å². The summed E-state index contributed by atoms with van der Waals surface area (Å²) in [5.41, 5.74) is 1.24. The first-order chi connectivity index (χ1) is 13.9. The number of nitrogens with one attached hydrogen (secondary N) is 3. The van der Waals surface area contributed by atoms with Crippen LogP contribution in [0.25, 0.3) is 16.6 Å². The highest BCUT2D eigenvalue weighted by Crippen LogP contribution is 2.26. The van der Waals surface area contributed by atoms with Crippen LogP contribution in [0.4, 0.5) is 20.2 Å². The fourth-order valence-corrected chi connectivity index (χ4v) is 2.96. The Bertz CT molecular complexity index is 1240. The maximum Gasteiger partial charge on any atom is 0.314 e. The first-order valence-corrected chi connectivity index (χ1v) is 8.53. The van der Waals surface area contributed by atoms with Crippen molar-refractivity contribution in [2.24, 2.45) is 0 Å². The largest absolute Gasteiger partial charge is 0.359 e. The van der Waals surface area contributed by atoms with Crippen LogP contribution in [0.2, 0.25) is 5.02 Å². The number of carbonyl (C=O) groups is 2. The number of hydrogen-bond donors (Lipinski definition) is 3. The number of H-pyrrole nitrogens is 1. The highest BCUT2D eigenvalue weighted by Gasteiger charge is 2.18. The summed E-state index contributed by atoms with van der Waals surface area (Å²) >= 11 is 6.18. The van der Waals surface area contributed by atoms with Gasteiger partial charge in [-0.05, 0) is 24.3 Å². The van der Waals surface area contributed by atoms with E-state index in [4.69, 9.17) is 11.6 Å². The molecule has 0 radical (unpaired) electrons. The van der Waals surface area contributed by atoms with E-state index in [1.54, 1.807) is 6.07 Å². The molecule has 0 aliphatic carbocycles. The predicted octanol–water partition coefficient (Wildman–Crippen LogP) is 3.26. The number of aromatic amines is 1. The minimum absolute atomic E-state index is 0.138. The second kappa shape index (κ2) is 7.32. The van der Waals surface area contributed by atoms with Crippen LogP contribution in [0.1, 0.15) is 0 Å². The number of rotatable bonds is 3. The van der Waals surface area contributed by atoms with Gasteiger partial charge in [-0.2, -0.15) is 5.10 Å². The number of amides is 2. The van der Waals surface area contributed by atoms with Crippen molar-refractivity contribution in [2.45, 2.75) is 0 Å². The lowest BCUT2D eigenvalue weighted by atomic mass is 10.2. The third-order valence-electron chi connectivity index (χ3n) is 4.05. The molecule has 2 aromatic carbocycles. The Morgan fingerprint density at radius 2 is 1.83 bits per heavy atom. The second-order valence-electron chi connectivity index (χ2n) is 5.93. The monoisotopic (exact) mass is 416 g/mol. The van der Waals surface area contributed by atoms with Crippen molar-refractivity contribution in [2.75, 3.05) is 10.6 Å². The van der Waals surface area contributed by atoms with Crippen LogP contribution in [0.5, 0.6) is 0 Å². The van der Waals surface area contributed by atoms with E-state index in [9.17, 15) is 18.4 Å². The van der Waals surface area contributed by atoms with Crippen LogP contribution in [0.15, 0.2) is 49.2 Å². The van der Waals surface area contributed by atoms with Crippen LogP contribution < -0.4 is 10.6 Å². The summed E-state index contributed by atoms with van der Waals surface area (Å²) in [6.45, 7) is 0. The van der Waals surface area contributed by atoms with Crippen LogP contribution in [0.3, 0.4) is 0 Å². The number of carbonyl (C=O) groups excluding carboxylic acids is 2. The topological polar surface area (TPSA) is 105 Å². The average molecular weight is 417 g/mol. The van der Waals surface area contributed by atoms with Crippen molar-refractivity contribution in [3.8, 4) is 5.69 Å². The average Bonchev–Trinajstić information content (AvgIpc) is 3.33. The molecule has 0 aliphatic heterocycles. The number of benzene rings is 2. The number of nitrogens with zero attached hydrogens (tertiary/aromatic N) is 3. The summed E-state index contributed by atoms with van der Waals surface area (Å²) in [4.78, 5) is 30.9. The van der Waals surface area contributed by atoms with Gasteiger partial charge in [-0.15, -0.1) is 0 Å². The maximum atomic E-state index is 13.5. The van der Waals surface area contributed by atoms with Crippen molar-refractivity contribution in [3.63, 3.8) is 0 Å². The van der Waals surface area contributed by atoms with E-state index in [1.165, 1.54) is 35.7 Å². The Morgan fingerprint density at radius 1 is 1.07 bits per heavy atom. The normalized spacial score (nSPS) is 10.9. The van der Waals surface area contributed by atoms with Crippen molar-refractivity contribution < 1.29 is 18.4 Å². The fourth-order valence-electron chi connectivity index (χ4n) is 2.69. The molecule has 8 nitrogen and oxygen atoms in total. The van der Waals surface area contributed by atoms with Gasteiger partial charge in [-0.3, -0.25) is 9.59 Å². The molecule has 0 aliphatic rings. The van der Waals surface area contributed by atoms with Gasteiger partial charge in [0.2, 0.25) is 0 Å². The molecule has 0 spiro atoms. The summed E-state index contributed by atoms with van der Waals surface area (Å²) in [6.07, 6.45) is 4.14. The SMILES string of the molecule is O=C(Nc1ccc(-n2cncn2)c(Cl)c1)C(=O)Nc1c[nH]c2cc(F)c(F)cc12. The Labute approximate surface area is 166 Å². The molecule has 4 aromatic rings. The van der Waals surface area contributed by atoms with Crippen LogP contribution in [0, 0.1) is 11.6 Å². The van der Waals surface area contributed by atoms with Gasteiger partial charge in [0.1, 0.15) is 12.7 Å². The van der Waals surface area contributed by atoms with Crippen LogP contribution >= 0.6 is 11.6 Å². The third-order valence-corrected chi connectivity index (χ3v) is 4.35. The number of hydrogen-bond acceptors (Lipinski definition) is 4. The van der Waals surface area contributed by atoms with E-state index in [1.807, 2.05) is 0 Å². The van der Waals surface area contributed by atoms with E-state index < -0.39 is 23.4 Å². The van der Waals surface area contributed by atoms with E-state index in [2.05, 4.69) is 25.7 Å². The summed E-state index contributed by atoms with van der Waals surface area (Å²) < 4.78 is 28.2. The molecule has 0 saturated carbocycles. The molecule has 2 amide bonds. The number of halogens is 3. The number of fused-ring (bicyclic) bond motifs is 1. The number of anilines is 2. The first-order valence-electron chi connectivity index (χ1n) is 8.15. The second-order valence-corrected chi connectivity index (χ2v) is 6.34. The minimum atomic E-state index is -1.07. The molecule has 2 aromatic heterocycles. The smallest absolute Gasteiger partial charge is 0.314 e. The van der Waals surface area contributed by atoms with E-state index in [0.717, 1.165) is 12.1 Å². The number of aromatic nitrogens is 4. The standard InChI is InChI=1S/C18H11ClF2N6O2/c19-11-3-9(1-2-16(11)27-8-22-7-24-27)25-17(28)18(29)26-15-6-23-14-5-13(21)12(20)4-10(14)15/h1-8,23H,(H,25,28)(H,26,29). The molecule has 0 bridgehead atoms. The fraction of sp³-hybridized carbons (Fsp3) is 0. The Morgan fingerprint density at radius 3 is 2.55 bits per heavy atom. The summed E-state index contributed by atoms with van der Waals surface area (Å²) in [5, 5.41) is 9.23. The molecule has 4 rings (SSSR count). The van der Waals surface area contributed by atoms with E-state index in [-0.39, 0.29) is 27.3 Å². The summed E-state index contributed by atoms with van der Waals surface area (Å²) in [7, 11) is 0. The van der Waals surface area contributed by atoms with Gasteiger partial charge in [0.25, 0.3) is 0 Å². The van der Waals surface area contributed by atoms with Gasteiger partial charge in [-0.1, -0.05) is 11.6 Å². The predicted molar refractivity (Wildman–Crippen MR) is 102 cm³/mol. The first kappa shape index (κ1) is 18.6. The maximum absolute atomic E-state index is 13.5. The highest BCUT2D eigenvalue weighted by atomic mass is 35.5. The Balaban J connectivity index is 1.48. The van der Waals surface area contributed by atoms with Gasteiger partial charge in [0, 0.05) is 23.3 Å². The molecule has 0 unspecified atom stereocenters. The molecule has 3 N–H and O–H groups in total. The molecule has 0 fully saturated rings. The summed E-state index contributed by atoms with van der Waals surface area (Å²) in [5.74, 6) is -4.06. The van der Waals surface area contributed by atoms with Crippen molar-refractivity contribution in [1.82, 2.24) is 19.7 Å². The molecule has 0 atom stereocenters. The van der Waals surface area contributed by atoms with Gasteiger partial charge in [-0.25, -0.2) is 18.4 Å².